The van der Waals surface area contributed by atoms with E-state index >= 15 is 0 Å². The van der Waals surface area contributed by atoms with Crippen LogP contribution in [-0.2, 0) is 13.1 Å². The summed E-state index contributed by atoms with van der Waals surface area (Å²) in [6.45, 7) is 7.01. The van der Waals surface area contributed by atoms with E-state index in [1.54, 1.807) is 0 Å². The van der Waals surface area contributed by atoms with Gasteiger partial charge in [0.1, 0.15) is 0 Å². The molecule has 0 aromatic carbocycles. The Morgan fingerprint density at radius 1 is 1.33 bits per heavy atom. The average Bonchev–Trinajstić information content (AvgIpc) is 2.40. The van der Waals surface area contributed by atoms with Crippen LogP contribution in [0.5, 0.6) is 0 Å². The van der Waals surface area contributed by atoms with Gasteiger partial charge in [-0.3, -0.25) is 24.0 Å². The fourth-order valence-corrected chi connectivity index (χ4v) is 1.99. The number of hydrogen-bond acceptors (Lipinski definition) is 5. The van der Waals surface area contributed by atoms with Crippen LogP contribution in [0.4, 0.5) is 5.69 Å². The first-order valence-electron chi connectivity index (χ1n) is 7.10. The standard InChI is InChI=1S/C13H22N4O4/c1-4-7-15-9-11(17(20)21)12(18)16(13(15)19)8-5-6-14-10(2)3/h9-10,14H,4-8H2,1-3H3. The molecule has 0 aliphatic rings. The van der Waals surface area contributed by atoms with E-state index in [1.807, 2.05) is 20.8 Å². The normalized spacial score (nSPS) is 11.0. The Hall–Kier alpha value is -1.96. The number of nitrogens with one attached hydrogen (secondary N) is 1. The lowest BCUT2D eigenvalue weighted by atomic mass is 10.3. The molecule has 1 N–H and O–H groups in total. The minimum atomic E-state index is -0.832. The van der Waals surface area contributed by atoms with Crippen LogP contribution >= 0.6 is 0 Å². The smallest absolute Gasteiger partial charge is 0.314 e. The molecule has 8 heteroatoms. The van der Waals surface area contributed by atoms with E-state index < -0.39 is 21.9 Å². The van der Waals surface area contributed by atoms with Crippen molar-refractivity contribution in [1.82, 2.24) is 14.5 Å². The van der Waals surface area contributed by atoms with Gasteiger partial charge < -0.3 is 5.32 Å². The Balaban J connectivity index is 3.08. The van der Waals surface area contributed by atoms with E-state index in [0.717, 1.165) is 10.8 Å². The molecule has 0 spiro atoms. The number of hydrogen-bond donors (Lipinski definition) is 1. The Kier molecular flexibility index (Phi) is 6.29. The first-order valence-corrected chi connectivity index (χ1v) is 7.10. The van der Waals surface area contributed by atoms with Gasteiger partial charge in [-0.05, 0) is 19.4 Å². The first-order chi connectivity index (χ1) is 9.88. The minimum Gasteiger partial charge on any atom is -0.314 e. The van der Waals surface area contributed by atoms with E-state index in [1.165, 1.54) is 4.57 Å². The summed E-state index contributed by atoms with van der Waals surface area (Å²) in [4.78, 5) is 34.4. The third-order valence-corrected chi connectivity index (χ3v) is 2.99. The summed E-state index contributed by atoms with van der Waals surface area (Å²) in [6.07, 6.45) is 2.25. The predicted molar refractivity (Wildman–Crippen MR) is 79.7 cm³/mol. The Morgan fingerprint density at radius 2 is 2.00 bits per heavy atom. The largest absolute Gasteiger partial charge is 0.350 e. The van der Waals surface area contributed by atoms with Crippen molar-refractivity contribution >= 4 is 5.69 Å². The maximum absolute atomic E-state index is 12.2. The highest BCUT2D eigenvalue weighted by Crippen LogP contribution is 2.01. The topological polar surface area (TPSA) is 99.2 Å². The van der Waals surface area contributed by atoms with Crippen molar-refractivity contribution < 1.29 is 4.92 Å². The SMILES string of the molecule is CCCn1cc([N+](=O)[O-])c(=O)n(CCCNC(C)C)c1=O. The molecule has 0 amide bonds. The quantitative estimate of drug-likeness (QED) is 0.433. The van der Waals surface area contributed by atoms with E-state index in [9.17, 15) is 19.7 Å². The zero-order valence-corrected chi connectivity index (χ0v) is 12.7. The number of nitrogens with zero attached hydrogens (tertiary/aromatic N) is 3. The third kappa shape index (κ3) is 4.52. The summed E-state index contributed by atoms with van der Waals surface area (Å²) in [5.74, 6) is 0. The van der Waals surface area contributed by atoms with Crippen LogP contribution in [0.1, 0.15) is 33.6 Å². The van der Waals surface area contributed by atoms with Gasteiger partial charge >= 0.3 is 16.9 Å². The summed E-state index contributed by atoms with van der Waals surface area (Å²) >= 11 is 0. The highest BCUT2D eigenvalue weighted by Gasteiger charge is 2.19. The molecule has 0 aliphatic heterocycles. The molecule has 21 heavy (non-hydrogen) atoms. The van der Waals surface area contributed by atoms with Crippen LogP contribution in [0.3, 0.4) is 0 Å². The van der Waals surface area contributed by atoms with Gasteiger partial charge in [-0.1, -0.05) is 20.8 Å². The molecule has 0 saturated heterocycles. The van der Waals surface area contributed by atoms with E-state index in [4.69, 9.17) is 0 Å². The van der Waals surface area contributed by atoms with Crippen molar-refractivity contribution in [2.45, 2.75) is 52.7 Å². The zero-order valence-electron chi connectivity index (χ0n) is 12.7. The molecule has 0 saturated carbocycles. The molecule has 0 aliphatic carbocycles. The average molecular weight is 298 g/mol. The Bertz CT molecular complexity index is 603. The van der Waals surface area contributed by atoms with Crippen LogP contribution in [0, 0.1) is 10.1 Å². The van der Waals surface area contributed by atoms with Crippen LogP contribution in [-0.4, -0.2) is 26.6 Å². The second-order valence-corrected chi connectivity index (χ2v) is 5.17. The fourth-order valence-electron chi connectivity index (χ4n) is 1.99. The third-order valence-electron chi connectivity index (χ3n) is 2.99. The highest BCUT2D eigenvalue weighted by atomic mass is 16.6. The van der Waals surface area contributed by atoms with Crippen molar-refractivity contribution in [3.05, 3.63) is 37.1 Å². The van der Waals surface area contributed by atoms with Gasteiger partial charge in [-0.25, -0.2) is 4.79 Å². The second kappa shape index (κ2) is 7.72. The molecule has 1 heterocycles. The van der Waals surface area contributed by atoms with E-state index in [0.29, 0.717) is 32.0 Å². The summed E-state index contributed by atoms with van der Waals surface area (Å²) in [7, 11) is 0. The van der Waals surface area contributed by atoms with Gasteiger partial charge in [-0.2, -0.15) is 0 Å². The molecule has 1 aromatic rings. The van der Waals surface area contributed by atoms with Crippen molar-refractivity contribution in [2.75, 3.05) is 6.54 Å². The molecular formula is C13H22N4O4. The Labute approximate surface area is 122 Å². The molecule has 0 unspecified atom stereocenters. The second-order valence-electron chi connectivity index (χ2n) is 5.17. The maximum Gasteiger partial charge on any atom is 0.350 e. The Morgan fingerprint density at radius 3 is 2.52 bits per heavy atom. The van der Waals surface area contributed by atoms with Gasteiger partial charge in [0.25, 0.3) is 0 Å². The van der Waals surface area contributed by atoms with Gasteiger partial charge in [0.15, 0.2) is 0 Å². The number of rotatable bonds is 8. The number of nitro groups is 1. The summed E-state index contributed by atoms with van der Waals surface area (Å²) in [5.41, 5.74) is -1.88. The van der Waals surface area contributed by atoms with Crippen LogP contribution < -0.4 is 16.6 Å². The monoisotopic (exact) mass is 298 g/mol. The number of aryl methyl sites for hydroxylation is 1. The van der Waals surface area contributed by atoms with Crippen LogP contribution in [0.15, 0.2) is 15.8 Å². The summed E-state index contributed by atoms with van der Waals surface area (Å²) in [6, 6.07) is 0.309. The lowest BCUT2D eigenvalue weighted by molar-refractivity contribution is -0.387. The molecule has 1 aromatic heterocycles. The van der Waals surface area contributed by atoms with Crippen molar-refractivity contribution in [2.24, 2.45) is 0 Å². The molecule has 8 nitrogen and oxygen atoms in total. The minimum absolute atomic E-state index is 0.169. The van der Waals surface area contributed by atoms with Crippen molar-refractivity contribution in [1.29, 1.82) is 0 Å². The highest BCUT2D eigenvalue weighted by molar-refractivity contribution is 5.21. The zero-order chi connectivity index (χ0) is 16.0. The van der Waals surface area contributed by atoms with Gasteiger partial charge in [0, 0.05) is 19.1 Å². The molecular weight excluding hydrogens is 276 g/mol. The predicted octanol–water partition coefficient (Wildman–Crippen LogP) is 0.716. The van der Waals surface area contributed by atoms with E-state index in [2.05, 4.69) is 5.32 Å². The van der Waals surface area contributed by atoms with Crippen LogP contribution in [0.2, 0.25) is 0 Å². The number of aromatic nitrogens is 2. The van der Waals surface area contributed by atoms with Crippen molar-refractivity contribution in [3.63, 3.8) is 0 Å². The fraction of sp³-hybridized carbons (Fsp3) is 0.692. The molecule has 0 atom stereocenters. The molecule has 0 radical (unpaired) electrons. The van der Waals surface area contributed by atoms with Gasteiger partial charge in [-0.15, -0.1) is 0 Å². The van der Waals surface area contributed by atoms with Crippen LogP contribution in [0.25, 0.3) is 0 Å². The lowest BCUT2D eigenvalue weighted by Crippen LogP contribution is -2.41. The molecule has 1 rings (SSSR count). The molecule has 0 bridgehead atoms. The summed E-state index contributed by atoms with van der Waals surface area (Å²) < 4.78 is 2.19. The summed E-state index contributed by atoms with van der Waals surface area (Å²) in [5, 5.41) is 14.1. The molecule has 118 valence electrons. The van der Waals surface area contributed by atoms with Gasteiger partial charge in [0.2, 0.25) is 0 Å². The maximum atomic E-state index is 12.2. The lowest BCUT2D eigenvalue weighted by Gasteiger charge is -2.11. The van der Waals surface area contributed by atoms with E-state index in [-0.39, 0.29) is 6.54 Å². The molecule has 0 fully saturated rings. The first kappa shape index (κ1) is 17.1. The van der Waals surface area contributed by atoms with Crippen molar-refractivity contribution in [3.8, 4) is 0 Å². The van der Waals surface area contributed by atoms with Gasteiger partial charge in [0.05, 0.1) is 11.1 Å².